The summed E-state index contributed by atoms with van der Waals surface area (Å²) in [5, 5.41) is 0.857. The van der Waals surface area contributed by atoms with Gasteiger partial charge in [0.05, 0.1) is 12.2 Å². The first kappa shape index (κ1) is 18.3. The maximum absolute atomic E-state index is 13.2. The third-order valence-electron chi connectivity index (χ3n) is 5.39. The van der Waals surface area contributed by atoms with Gasteiger partial charge >= 0.3 is 0 Å². The molecule has 1 aliphatic carbocycles. The Labute approximate surface area is 163 Å². The Hall–Kier alpha value is -3.08. The number of unbranched alkanes of at least 4 members (excludes halogenated alkanes) is 1. The Morgan fingerprint density at radius 1 is 1.14 bits per heavy atom. The van der Waals surface area contributed by atoms with Crippen LogP contribution >= 0.6 is 0 Å². The van der Waals surface area contributed by atoms with Gasteiger partial charge in [-0.05, 0) is 56.5 Å². The molecule has 28 heavy (non-hydrogen) atoms. The summed E-state index contributed by atoms with van der Waals surface area (Å²) in [5.41, 5.74) is 7.67. The molecule has 2 aromatic carbocycles. The van der Waals surface area contributed by atoms with Crippen LogP contribution in [0.4, 0.5) is 0 Å². The Bertz CT molecular complexity index is 1080. The van der Waals surface area contributed by atoms with Crippen molar-refractivity contribution >= 4 is 22.7 Å². The van der Waals surface area contributed by atoms with Gasteiger partial charge in [0.1, 0.15) is 17.1 Å². The molecule has 4 rings (SSSR count). The van der Waals surface area contributed by atoms with Crippen molar-refractivity contribution in [2.75, 3.05) is 6.61 Å². The maximum Gasteiger partial charge on any atom is 0.217 e. The molecule has 0 spiro atoms. The Morgan fingerprint density at radius 3 is 2.71 bits per heavy atom. The Morgan fingerprint density at radius 2 is 1.93 bits per heavy atom. The number of ether oxygens (including phenoxy) is 1. The number of primary amides is 1. The number of fused-ring (bicyclic) bond motifs is 4. The molecule has 1 aliphatic rings. The number of para-hydroxylation sites is 1. The highest BCUT2D eigenvalue weighted by Crippen LogP contribution is 2.46. The lowest BCUT2D eigenvalue weighted by molar-refractivity contribution is -0.118. The van der Waals surface area contributed by atoms with Crippen molar-refractivity contribution in [2.24, 2.45) is 5.73 Å². The number of rotatable bonds is 6. The van der Waals surface area contributed by atoms with Crippen LogP contribution in [-0.4, -0.2) is 18.3 Å². The standard InChI is InChI=1S/C23H23NO4/c1-23(2)17-13-14(27-12-6-5-9-19(24)25)10-11-15(17)21(26)20-16-7-3-4-8-18(16)28-22(20)23/h3-4,7-8,10-11,13H,5-6,9,12H2,1-2H3,(H2,24,25). The highest BCUT2D eigenvalue weighted by Gasteiger charge is 2.41. The zero-order valence-electron chi connectivity index (χ0n) is 16.1. The van der Waals surface area contributed by atoms with Crippen molar-refractivity contribution in [3.05, 3.63) is 64.9 Å². The van der Waals surface area contributed by atoms with Crippen LogP contribution in [0.1, 0.15) is 60.4 Å². The molecule has 0 radical (unpaired) electrons. The SMILES string of the molecule is CC1(C)c2cc(OCCCCC(N)=O)ccc2C(=O)c2c1oc1ccccc21. The monoisotopic (exact) mass is 377 g/mol. The van der Waals surface area contributed by atoms with Crippen molar-refractivity contribution in [3.8, 4) is 5.75 Å². The molecule has 3 aromatic rings. The van der Waals surface area contributed by atoms with E-state index in [2.05, 4.69) is 13.8 Å². The molecule has 1 aromatic heterocycles. The lowest BCUT2D eigenvalue weighted by Crippen LogP contribution is -2.29. The van der Waals surface area contributed by atoms with Crippen molar-refractivity contribution < 1.29 is 18.7 Å². The van der Waals surface area contributed by atoms with Gasteiger partial charge in [0.15, 0.2) is 5.78 Å². The van der Waals surface area contributed by atoms with E-state index in [4.69, 9.17) is 14.9 Å². The van der Waals surface area contributed by atoms with Gasteiger partial charge in [-0.3, -0.25) is 9.59 Å². The quantitative estimate of drug-likeness (QED) is 0.648. The average molecular weight is 377 g/mol. The van der Waals surface area contributed by atoms with Crippen LogP contribution in [0.2, 0.25) is 0 Å². The van der Waals surface area contributed by atoms with Gasteiger partial charge in [-0.1, -0.05) is 18.2 Å². The van der Waals surface area contributed by atoms with E-state index in [1.54, 1.807) is 0 Å². The molecule has 2 N–H and O–H groups in total. The van der Waals surface area contributed by atoms with Crippen molar-refractivity contribution in [3.63, 3.8) is 0 Å². The summed E-state index contributed by atoms with van der Waals surface area (Å²) in [6.07, 6.45) is 1.81. The second-order valence-electron chi connectivity index (χ2n) is 7.74. The zero-order chi connectivity index (χ0) is 19.9. The van der Waals surface area contributed by atoms with Crippen LogP contribution in [0.3, 0.4) is 0 Å². The molecule has 144 valence electrons. The summed E-state index contributed by atoms with van der Waals surface area (Å²) in [4.78, 5) is 24.0. The third-order valence-corrected chi connectivity index (χ3v) is 5.39. The first-order valence-electron chi connectivity index (χ1n) is 9.52. The number of hydrogen-bond acceptors (Lipinski definition) is 4. The Balaban J connectivity index is 1.64. The van der Waals surface area contributed by atoms with Gasteiger partial charge in [0, 0.05) is 22.8 Å². The fourth-order valence-electron chi connectivity index (χ4n) is 3.89. The van der Waals surface area contributed by atoms with Crippen LogP contribution in [0.25, 0.3) is 11.0 Å². The molecule has 0 atom stereocenters. The molecule has 0 bridgehead atoms. The number of ketones is 1. The predicted molar refractivity (Wildman–Crippen MR) is 107 cm³/mol. The number of amides is 1. The van der Waals surface area contributed by atoms with E-state index in [0.717, 1.165) is 23.0 Å². The number of benzene rings is 2. The van der Waals surface area contributed by atoms with Crippen molar-refractivity contribution in [1.82, 2.24) is 0 Å². The molecular weight excluding hydrogens is 354 g/mol. The zero-order valence-corrected chi connectivity index (χ0v) is 16.1. The van der Waals surface area contributed by atoms with E-state index in [0.29, 0.717) is 42.1 Å². The fraction of sp³-hybridized carbons (Fsp3) is 0.304. The molecule has 0 saturated heterocycles. The number of carbonyl (C=O) groups is 2. The van der Waals surface area contributed by atoms with Gasteiger partial charge in [-0.25, -0.2) is 0 Å². The molecule has 5 heteroatoms. The van der Waals surface area contributed by atoms with Crippen molar-refractivity contribution in [2.45, 2.75) is 38.5 Å². The van der Waals surface area contributed by atoms with Crippen molar-refractivity contribution in [1.29, 1.82) is 0 Å². The number of carbonyl (C=O) groups excluding carboxylic acids is 2. The molecule has 0 aliphatic heterocycles. The lowest BCUT2D eigenvalue weighted by Gasteiger charge is -2.30. The van der Waals surface area contributed by atoms with Gasteiger partial charge in [0.2, 0.25) is 5.91 Å². The molecule has 0 fully saturated rings. The summed E-state index contributed by atoms with van der Waals surface area (Å²) in [6, 6.07) is 13.2. The third kappa shape index (κ3) is 2.97. The molecule has 0 saturated carbocycles. The Kier molecular flexibility index (Phi) is 4.46. The highest BCUT2D eigenvalue weighted by atomic mass is 16.5. The van der Waals surface area contributed by atoms with Gasteiger partial charge in [-0.2, -0.15) is 0 Å². The summed E-state index contributed by atoms with van der Waals surface area (Å²) in [5.74, 6) is 1.10. The summed E-state index contributed by atoms with van der Waals surface area (Å²) < 4.78 is 11.9. The highest BCUT2D eigenvalue weighted by molar-refractivity contribution is 6.19. The summed E-state index contributed by atoms with van der Waals surface area (Å²) >= 11 is 0. The summed E-state index contributed by atoms with van der Waals surface area (Å²) in [7, 11) is 0. The molecule has 1 amide bonds. The van der Waals surface area contributed by atoms with E-state index in [1.165, 1.54) is 0 Å². The van der Waals surface area contributed by atoms with Crippen LogP contribution in [-0.2, 0) is 10.2 Å². The summed E-state index contributed by atoms with van der Waals surface area (Å²) in [6.45, 7) is 4.63. The largest absolute Gasteiger partial charge is 0.494 e. The molecule has 0 unspecified atom stereocenters. The minimum Gasteiger partial charge on any atom is -0.494 e. The molecule has 5 nitrogen and oxygen atoms in total. The minimum atomic E-state index is -0.455. The van der Waals surface area contributed by atoms with Crippen LogP contribution in [0, 0.1) is 0 Å². The van der Waals surface area contributed by atoms with E-state index >= 15 is 0 Å². The van der Waals surface area contributed by atoms with Crippen LogP contribution in [0.15, 0.2) is 46.9 Å². The van der Waals surface area contributed by atoms with Gasteiger partial charge in [-0.15, -0.1) is 0 Å². The van der Waals surface area contributed by atoms with Crippen LogP contribution < -0.4 is 10.5 Å². The molecule has 1 heterocycles. The van der Waals surface area contributed by atoms with Gasteiger partial charge in [0.25, 0.3) is 0 Å². The van der Waals surface area contributed by atoms with Gasteiger partial charge < -0.3 is 14.9 Å². The number of hydrogen-bond donors (Lipinski definition) is 1. The average Bonchev–Trinajstić information content (AvgIpc) is 3.07. The van der Waals surface area contributed by atoms with E-state index in [1.807, 2.05) is 42.5 Å². The number of furan rings is 1. The smallest absolute Gasteiger partial charge is 0.217 e. The predicted octanol–water partition coefficient (Wildman–Crippen LogP) is 4.34. The maximum atomic E-state index is 13.2. The second kappa shape index (κ2) is 6.82. The fourth-order valence-corrected chi connectivity index (χ4v) is 3.89. The minimum absolute atomic E-state index is 0.0118. The van der Waals surface area contributed by atoms with Crippen LogP contribution in [0.5, 0.6) is 5.75 Å². The topological polar surface area (TPSA) is 82.5 Å². The number of nitrogens with two attached hydrogens (primary N) is 1. The van der Waals surface area contributed by atoms with E-state index in [9.17, 15) is 9.59 Å². The first-order valence-corrected chi connectivity index (χ1v) is 9.52. The van der Waals surface area contributed by atoms with E-state index in [-0.39, 0.29) is 11.7 Å². The van der Waals surface area contributed by atoms with E-state index < -0.39 is 5.41 Å². The molecular formula is C23H23NO4. The normalized spacial score (nSPS) is 14.6. The first-order chi connectivity index (χ1) is 13.4. The lowest BCUT2D eigenvalue weighted by atomic mass is 9.72. The second-order valence-corrected chi connectivity index (χ2v) is 7.74.